The van der Waals surface area contributed by atoms with Crippen molar-refractivity contribution in [1.29, 1.82) is 0 Å². The highest BCUT2D eigenvalue weighted by molar-refractivity contribution is 9.10. The molecule has 2 rings (SSSR count). The Morgan fingerprint density at radius 1 is 1.38 bits per heavy atom. The minimum atomic E-state index is -0.206. The van der Waals surface area contributed by atoms with E-state index in [2.05, 4.69) is 26.3 Å². The fourth-order valence-electron chi connectivity index (χ4n) is 1.74. The summed E-state index contributed by atoms with van der Waals surface area (Å²) < 4.78 is 6.72. The van der Waals surface area contributed by atoms with Crippen LogP contribution in [-0.2, 0) is 17.8 Å². The van der Waals surface area contributed by atoms with E-state index in [9.17, 15) is 9.90 Å². The number of halogens is 1. The van der Waals surface area contributed by atoms with Crippen molar-refractivity contribution in [3.05, 3.63) is 50.9 Å². The fourth-order valence-corrected chi connectivity index (χ4v) is 2.18. The van der Waals surface area contributed by atoms with Crippen molar-refractivity contribution in [2.75, 3.05) is 19.0 Å². The number of ether oxygens (including phenoxy) is 1. The van der Waals surface area contributed by atoms with Gasteiger partial charge in [-0.25, -0.2) is 4.68 Å². The number of rotatable bonds is 6. The number of aromatic nitrogens is 2. The van der Waals surface area contributed by atoms with E-state index in [0.29, 0.717) is 29.9 Å². The Balaban J connectivity index is 2.08. The molecule has 7 heteroatoms. The van der Waals surface area contributed by atoms with E-state index in [-0.39, 0.29) is 11.3 Å². The van der Waals surface area contributed by atoms with Crippen LogP contribution in [0.2, 0.25) is 0 Å². The van der Waals surface area contributed by atoms with Crippen LogP contribution in [0, 0.1) is 0 Å². The standard InChI is InChI=1S/C14H16BrN3O3/c1-21-7-6-18-14(20)13(15)12(9-17-18)16-8-10-2-4-11(19)5-3-10/h2-5,9,16,19H,6-8H2,1H3. The summed E-state index contributed by atoms with van der Waals surface area (Å²) in [6.45, 7) is 1.37. The number of aromatic hydroxyl groups is 1. The lowest BCUT2D eigenvalue weighted by atomic mass is 10.2. The summed E-state index contributed by atoms with van der Waals surface area (Å²) in [6.07, 6.45) is 1.60. The monoisotopic (exact) mass is 353 g/mol. The lowest BCUT2D eigenvalue weighted by Gasteiger charge is -2.10. The fraction of sp³-hybridized carbons (Fsp3) is 0.286. The van der Waals surface area contributed by atoms with E-state index in [0.717, 1.165) is 5.56 Å². The van der Waals surface area contributed by atoms with Crippen LogP contribution in [0.1, 0.15) is 5.56 Å². The highest BCUT2D eigenvalue weighted by atomic mass is 79.9. The Kier molecular flexibility index (Phi) is 5.35. The van der Waals surface area contributed by atoms with Crippen LogP contribution in [0.25, 0.3) is 0 Å². The van der Waals surface area contributed by atoms with Gasteiger partial charge in [0, 0.05) is 13.7 Å². The van der Waals surface area contributed by atoms with Crippen LogP contribution in [0.3, 0.4) is 0 Å². The number of nitrogens with zero attached hydrogens (tertiary/aromatic N) is 2. The molecule has 0 aliphatic carbocycles. The molecule has 1 aromatic carbocycles. The molecule has 0 atom stereocenters. The van der Waals surface area contributed by atoms with E-state index in [4.69, 9.17) is 4.74 Å². The van der Waals surface area contributed by atoms with Crippen LogP contribution in [0.15, 0.2) is 39.7 Å². The number of phenols is 1. The number of methoxy groups -OCH3 is 1. The lowest BCUT2D eigenvalue weighted by molar-refractivity contribution is 0.181. The first-order chi connectivity index (χ1) is 10.1. The molecule has 0 saturated heterocycles. The number of hydrogen-bond acceptors (Lipinski definition) is 5. The smallest absolute Gasteiger partial charge is 0.283 e. The highest BCUT2D eigenvalue weighted by Crippen LogP contribution is 2.18. The van der Waals surface area contributed by atoms with Gasteiger partial charge in [0.05, 0.1) is 25.0 Å². The van der Waals surface area contributed by atoms with Gasteiger partial charge in [0.1, 0.15) is 10.2 Å². The van der Waals surface area contributed by atoms with E-state index in [1.807, 2.05) is 12.1 Å². The molecule has 2 aromatic rings. The zero-order valence-electron chi connectivity index (χ0n) is 11.5. The van der Waals surface area contributed by atoms with Gasteiger partial charge in [-0.1, -0.05) is 12.1 Å². The molecule has 1 heterocycles. The third-order valence-electron chi connectivity index (χ3n) is 2.91. The lowest BCUT2D eigenvalue weighted by Crippen LogP contribution is -2.26. The van der Waals surface area contributed by atoms with Gasteiger partial charge in [-0.3, -0.25) is 4.79 Å². The van der Waals surface area contributed by atoms with Gasteiger partial charge in [0.2, 0.25) is 0 Å². The molecule has 0 aliphatic rings. The predicted octanol–water partition coefficient (Wildman–Crippen LogP) is 1.97. The maximum Gasteiger partial charge on any atom is 0.283 e. The average Bonchev–Trinajstić information content (AvgIpc) is 2.49. The molecule has 0 radical (unpaired) electrons. The zero-order valence-corrected chi connectivity index (χ0v) is 13.1. The molecular formula is C14H16BrN3O3. The van der Waals surface area contributed by atoms with Gasteiger partial charge < -0.3 is 15.2 Å². The van der Waals surface area contributed by atoms with Crippen LogP contribution >= 0.6 is 15.9 Å². The minimum absolute atomic E-state index is 0.206. The SMILES string of the molecule is COCCn1ncc(NCc2ccc(O)cc2)c(Br)c1=O. The van der Waals surface area contributed by atoms with E-state index >= 15 is 0 Å². The number of benzene rings is 1. The van der Waals surface area contributed by atoms with Crippen LogP contribution in [0.4, 0.5) is 5.69 Å². The average molecular weight is 354 g/mol. The van der Waals surface area contributed by atoms with Crippen molar-refractivity contribution >= 4 is 21.6 Å². The van der Waals surface area contributed by atoms with Crippen LogP contribution in [-0.4, -0.2) is 28.6 Å². The van der Waals surface area contributed by atoms with Crippen molar-refractivity contribution in [2.45, 2.75) is 13.1 Å². The van der Waals surface area contributed by atoms with Gasteiger partial charge in [-0.05, 0) is 33.6 Å². The summed E-state index contributed by atoms with van der Waals surface area (Å²) in [7, 11) is 1.58. The summed E-state index contributed by atoms with van der Waals surface area (Å²) in [5.74, 6) is 0.224. The Bertz CT molecular complexity index is 656. The first-order valence-electron chi connectivity index (χ1n) is 6.38. The van der Waals surface area contributed by atoms with Crippen LogP contribution in [0.5, 0.6) is 5.75 Å². The molecule has 2 N–H and O–H groups in total. The van der Waals surface area contributed by atoms with E-state index in [1.54, 1.807) is 25.4 Å². The number of phenolic OH excluding ortho intramolecular Hbond substituents is 1. The molecule has 0 aliphatic heterocycles. The largest absolute Gasteiger partial charge is 0.508 e. The summed E-state index contributed by atoms with van der Waals surface area (Å²) in [4.78, 5) is 12.1. The maximum atomic E-state index is 12.1. The summed E-state index contributed by atoms with van der Waals surface area (Å²) in [5, 5.41) is 16.5. The molecule has 0 saturated carbocycles. The van der Waals surface area contributed by atoms with Crippen molar-refractivity contribution in [3.63, 3.8) is 0 Å². The van der Waals surface area contributed by atoms with Crippen molar-refractivity contribution in [2.24, 2.45) is 0 Å². The number of hydrogen-bond donors (Lipinski definition) is 2. The molecule has 6 nitrogen and oxygen atoms in total. The second-order valence-corrected chi connectivity index (χ2v) is 5.21. The summed E-state index contributed by atoms with van der Waals surface area (Å²) >= 11 is 3.29. The second-order valence-electron chi connectivity index (χ2n) is 4.41. The molecule has 0 amide bonds. The quantitative estimate of drug-likeness (QED) is 0.830. The Morgan fingerprint density at radius 3 is 2.76 bits per heavy atom. The molecule has 0 fully saturated rings. The molecule has 0 unspecified atom stereocenters. The van der Waals surface area contributed by atoms with Crippen LogP contribution < -0.4 is 10.9 Å². The highest BCUT2D eigenvalue weighted by Gasteiger charge is 2.08. The third kappa shape index (κ3) is 4.05. The van der Waals surface area contributed by atoms with Crippen molar-refractivity contribution in [3.8, 4) is 5.75 Å². The summed E-state index contributed by atoms with van der Waals surface area (Å²) in [6, 6.07) is 6.85. The van der Waals surface area contributed by atoms with Gasteiger partial charge in [0.15, 0.2) is 0 Å². The van der Waals surface area contributed by atoms with Crippen molar-refractivity contribution < 1.29 is 9.84 Å². The topological polar surface area (TPSA) is 76.4 Å². The zero-order chi connectivity index (χ0) is 15.2. The molecule has 1 aromatic heterocycles. The van der Waals surface area contributed by atoms with E-state index in [1.165, 1.54) is 4.68 Å². The molecule has 21 heavy (non-hydrogen) atoms. The second kappa shape index (κ2) is 7.24. The normalized spacial score (nSPS) is 10.6. The molecule has 0 spiro atoms. The molecule has 112 valence electrons. The Labute approximate surface area is 130 Å². The van der Waals surface area contributed by atoms with Gasteiger partial charge in [-0.2, -0.15) is 5.10 Å². The van der Waals surface area contributed by atoms with Gasteiger partial charge in [0.25, 0.3) is 5.56 Å². The molecule has 0 bridgehead atoms. The summed E-state index contributed by atoms with van der Waals surface area (Å²) in [5.41, 5.74) is 1.41. The Hall–Kier alpha value is -1.86. The Morgan fingerprint density at radius 2 is 2.10 bits per heavy atom. The molecular weight excluding hydrogens is 338 g/mol. The predicted molar refractivity (Wildman–Crippen MR) is 83.5 cm³/mol. The number of anilines is 1. The first kappa shape index (κ1) is 15.5. The maximum absolute atomic E-state index is 12.1. The van der Waals surface area contributed by atoms with E-state index < -0.39 is 0 Å². The minimum Gasteiger partial charge on any atom is -0.508 e. The number of nitrogens with one attached hydrogen (secondary N) is 1. The van der Waals surface area contributed by atoms with Gasteiger partial charge >= 0.3 is 0 Å². The first-order valence-corrected chi connectivity index (χ1v) is 7.17. The van der Waals surface area contributed by atoms with Crippen molar-refractivity contribution in [1.82, 2.24) is 9.78 Å². The van der Waals surface area contributed by atoms with Gasteiger partial charge in [-0.15, -0.1) is 0 Å². The third-order valence-corrected chi connectivity index (χ3v) is 3.68.